The van der Waals surface area contributed by atoms with Gasteiger partial charge in [0.1, 0.15) is 28.8 Å². The number of phenolic OH excluding ortho intramolecular Hbond substituents is 2. The number of nitrogens with zero attached hydrogens (tertiary/aromatic N) is 1. The third-order valence-electron chi connectivity index (χ3n) is 8.68. The van der Waals surface area contributed by atoms with Gasteiger partial charge in [-0.25, -0.2) is 9.52 Å². The number of aliphatic carboxylic acids is 1. The molecule has 3 atom stereocenters. The minimum absolute atomic E-state index is 0.0922. The molecule has 3 aromatic carbocycles. The first-order chi connectivity index (χ1) is 24.9. The standard InChI is InChI=1S/C37H46N4O9S2/c1-5-7-18-37(19-8-6-2)36(49)41(24-12-10-9-11-13-24)31-27(52-40-37)20-26(33(51-4)32(31)45)50-21-28(44)38-30(23-14-16-25(43)17-15-23)34(46)39-29(22(3)42)35(47)48/h9-17,20,22,29-30,40,42-43,45H,5-8,18-19,21H2,1-4H3,(H,38,44)(H,39,46)(H,47,48)/t22-,29-,30?/m1/s1. The summed E-state index contributed by atoms with van der Waals surface area (Å²) in [6.07, 6.45) is 4.88. The van der Waals surface area contributed by atoms with Crippen LogP contribution < -0.4 is 25.0 Å². The van der Waals surface area contributed by atoms with Crippen molar-refractivity contribution >= 4 is 58.8 Å². The van der Waals surface area contributed by atoms with E-state index in [0.717, 1.165) is 25.7 Å². The number of carbonyl (C=O) groups excluding carboxylic acids is 3. The molecule has 1 aliphatic heterocycles. The van der Waals surface area contributed by atoms with E-state index in [1.54, 1.807) is 17.2 Å². The molecule has 0 aromatic heterocycles. The van der Waals surface area contributed by atoms with Gasteiger partial charge in [0.05, 0.1) is 15.9 Å². The number of unbranched alkanes of at least 4 members (excludes halogenated alkanes) is 2. The lowest BCUT2D eigenvalue weighted by Gasteiger charge is -2.35. The minimum atomic E-state index is -1.65. The maximum Gasteiger partial charge on any atom is 0.328 e. The van der Waals surface area contributed by atoms with E-state index >= 15 is 0 Å². The van der Waals surface area contributed by atoms with Crippen molar-refractivity contribution in [2.75, 3.05) is 17.8 Å². The number of phenols is 2. The van der Waals surface area contributed by atoms with Crippen molar-refractivity contribution in [3.8, 4) is 17.2 Å². The molecule has 13 nitrogen and oxygen atoms in total. The summed E-state index contributed by atoms with van der Waals surface area (Å²) in [6, 6.07) is 13.1. The van der Waals surface area contributed by atoms with Crippen LogP contribution in [0, 0.1) is 0 Å². The second-order valence-electron chi connectivity index (χ2n) is 12.5. The smallest absolute Gasteiger partial charge is 0.328 e. The quantitative estimate of drug-likeness (QED) is 0.0686. The van der Waals surface area contributed by atoms with Crippen molar-refractivity contribution in [1.29, 1.82) is 0 Å². The Balaban J connectivity index is 1.68. The fourth-order valence-corrected chi connectivity index (χ4v) is 7.52. The zero-order valence-corrected chi connectivity index (χ0v) is 31.2. The molecule has 0 fully saturated rings. The zero-order chi connectivity index (χ0) is 38.0. The van der Waals surface area contributed by atoms with Crippen LogP contribution in [-0.2, 0) is 19.2 Å². The summed E-state index contributed by atoms with van der Waals surface area (Å²) in [5, 5.41) is 45.8. The number of carboxylic acids is 1. The average Bonchev–Trinajstić information content (AvgIpc) is 3.24. The van der Waals surface area contributed by atoms with Crippen molar-refractivity contribution in [3.05, 3.63) is 66.2 Å². The highest BCUT2D eigenvalue weighted by Gasteiger charge is 2.45. The number of rotatable bonds is 17. The largest absolute Gasteiger partial charge is 0.508 e. The number of ether oxygens (including phenoxy) is 1. The van der Waals surface area contributed by atoms with Gasteiger partial charge in [0, 0.05) is 5.69 Å². The normalized spacial score (nSPS) is 15.5. The number of carbonyl (C=O) groups is 4. The van der Waals surface area contributed by atoms with Gasteiger partial charge in [0.15, 0.2) is 18.4 Å². The van der Waals surface area contributed by atoms with E-state index < -0.39 is 48.1 Å². The molecule has 280 valence electrons. The van der Waals surface area contributed by atoms with Crippen LogP contribution in [0.25, 0.3) is 0 Å². The Kier molecular flexibility index (Phi) is 14.2. The number of aliphatic hydroxyl groups is 1. The Hall–Kier alpha value is -4.44. The lowest BCUT2D eigenvalue weighted by Crippen LogP contribution is -2.54. The average molecular weight is 755 g/mol. The highest BCUT2D eigenvalue weighted by molar-refractivity contribution is 7.99. The van der Waals surface area contributed by atoms with Crippen LogP contribution >= 0.6 is 23.7 Å². The molecule has 1 aliphatic rings. The predicted molar refractivity (Wildman–Crippen MR) is 200 cm³/mol. The first-order valence-corrected chi connectivity index (χ1v) is 19.1. The van der Waals surface area contributed by atoms with E-state index in [1.165, 1.54) is 54.9 Å². The lowest BCUT2D eigenvalue weighted by molar-refractivity contribution is -0.145. The highest BCUT2D eigenvalue weighted by Crippen LogP contribution is 2.52. The van der Waals surface area contributed by atoms with Crippen molar-refractivity contribution in [1.82, 2.24) is 15.4 Å². The Morgan fingerprint density at radius 2 is 1.63 bits per heavy atom. The van der Waals surface area contributed by atoms with Gasteiger partial charge in [-0.05, 0) is 73.9 Å². The molecule has 1 unspecified atom stereocenters. The van der Waals surface area contributed by atoms with Gasteiger partial charge in [-0.15, -0.1) is 11.8 Å². The number of fused-ring (bicyclic) bond motifs is 1. The van der Waals surface area contributed by atoms with Crippen LogP contribution in [0.15, 0.2) is 70.5 Å². The van der Waals surface area contributed by atoms with Gasteiger partial charge in [-0.3, -0.25) is 19.3 Å². The van der Waals surface area contributed by atoms with E-state index in [1.807, 2.05) is 30.3 Å². The summed E-state index contributed by atoms with van der Waals surface area (Å²) in [6.45, 7) is 4.75. The summed E-state index contributed by atoms with van der Waals surface area (Å²) < 4.78 is 9.45. The van der Waals surface area contributed by atoms with Crippen molar-refractivity contribution < 1.29 is 44.3 Å². The molecule has 0 radical (unpaired) electrons. The van der Waals surface area contributed by atoms with Crippen LogP contribution in [0.3, 0.4) is 0 Å². The van der Waals surface area contributed by atoms with E-state index in [9.17, 15) is 39.6 Å². The van der Waals surface area contributed by atoms with E-state index in [0.29, 0.717) is 29.1 Å². The Morgan fingerprint density at radius 3 is 2.19 bits per heavy atom. The van der Waals surface area contributed by atoms with Gasteiger partial charge in [-0.2, -0.15) is 0 Å². The Morgan fingerprint density at radius 1 is 1.00 bits per heavy atom. The molecule has 0 saturated carbocycles. The maximum atomic E-state index is 14.7. The van der Waals surface area contributed by atoms with Gasteiger partial charge >= 0.3 is 5.97 Å². The molecule has 0 spiro atoms. The second kappa shape index (κ2) is 18.4. The number of aliphatic hydroxyl groups excluding tert-OH is 1. The molecule has 0 aliphatic carbocycles. The van der Waals surface area contributed by atoms with Gasteiger partial charge in [-0.1, -0.05) is 69.9 Å². The summed E-state index contributed by atoms with van der Waals surface area (Å²) in [5.41, 5.74) is 0.189. The number of benzene rings is 3. The number of para-hydroxylation sites is 1. The van der Waals surface area contributed by atoms with E-state index in [2.05, 4.69) is 29.2 Å². The number of anilines is 2. The number of amides is 3. The van der Waals surface area contributed by atoms with Crippen LogP contribution in [0.5, 0.6) is 17.2 Å². The number of carboxylic acid groups (broad SMARTS) is 1. The van der Waals surface area contributed by atoms with Crippen LogP contribution in [-0.4, -0.2) is 74.7 Å². The van der Waals surface area contributed by atoms with E-state index in [-0.39, 0.29) is 33.6 Å². The topological polar surface area (TPSA) is 198 Å². The molecular formula is C37H46N4O9S2. The van der Waals surface area contributed by atoms with Gasteiger partial charge in [0.2, 0.25) is 5.91 Å². The minimum Gasteiger partial charge on any atom is -0.508 e. The number of hydrogen-bond donors (Lipinski definition) is 7. The number of hydrogen-bond acceptors (Lipinski definition) is 11. The van der Waals surface area contributed by atoms with Crippen LogP contribution in [0.1, 0.15) is 70.9 Å². The summed E-state index contributed by atoms with van der Waals surface area (Å²) in [4.78, 5) is 55.3. The fraction of sp³-hybridized carbons (Fsp3) is 0.405. The lowest BCUT2D eigenvalue weighted by atomic mass is 9.86. The molecule has 0 bridgehead atoms. The Labute approximate surface area is 311 Å². The number of nitrogens with one attached hydrogen (secondary N) is 3. The van der Waals surface area contributed by atoms with Gasteiger partial charge < -0.3 is 35.8 Å². The second-order valence-corrected chi connectivity index (χ2v) is 14.2. The predicted octanol–water partition coefficient (Wildman–Crippen LogP) is 5.40. The SMILES string of the molecule is CCCCC1(CCCC)NSc2cc(OCC(=O)NC(C(=O)N[C@@H](C(=O)O)[C@@H](C)O)c3ccc(O)cc3)c(SC)c(O)c2N(c2ccccc2)C1=O. The van der Waals surface area contributed by atoms with Crippen LogP contribution in [0.2, 0.25) is 0 Å². The van der Waals surface area contributed by atoms with Crippen LogP contribution in [0.4, 0.5) is 11.4 Å². The van der Waals surface area contributed by atoms with Crippen molar-refractivity contribution in [2.45, 2.75) is 92.8 Å². The number of aromatic hydroxyl groups is 2. The summed E-state index contributed by atoms with van der Waals surface area (Å²) in [7, 11) is 0. The first-order valence-electron chi connectivity index (χ1n) is 17.1. The highest BCUT2D eigenvalue weighted by atomic mass is 32.2. The summed E-state index contributed by atoms with van der Waals surface area (Å²) in [5.74, 6) is -3.46. The van der Waals surface area contributed by atoms with Crippen molar-refractivity contribution in [2.24, 2.45) is 0 Å². The molecule has 15 heteroatoms. The summed E-state index contributed by atoms with van der Waals surface area (Å²) >= 11 is 2.39. The maximum absolute atomic E-state index is 14.7. The molecule has 0 saturated heterocycles. The zero-order valence-electron chi connectivity index (χ0n) is 29.5. The first kappa shape index (κ1) is 40.3. The molecule has 3 amide bonds. The molecule has 7 N–H and O–H groups in total. The third-order valence-corrected chi connectivity index (χ3v) is 10.5. The molecule has 3 aromatic rings. The molecular weight excluding hydrogens is 709 g/mol. The molecule has 1 heterocycles. The fourth-order valence-electron chi connectivity index (χ4n) is 5.86. The molecule has 4 rings (SSSR count). The van der Waals surface area contributed by atoms with E-state index in [4.69, 9.17) is 4.74 Å². The van der Waals surface area contributed by atoms with Crippen molar-refractivity contribution in [3.63, 3.8) is 0 Å². The monoisotopic (exact) mass is 754 g/mol. The third kappa shape index (κ3) is 9.31. The Bertz CT molecular complexity index is 1720. The molecule has 52 heavy (non-hydrogen) atoms. The number of thioether (sulfide) groups is 1. The van der Waals surface area contributed by atoms with Gasteiger partial charge in [0.25, 0.3) is 11.8 Å².